The Hall–Kier alpha value is -2.55. The Kier molecular flexibility index (Phi) is 5.65. The minimum atomic E-state index is -3.20. The fraction of sp³-hybridized carbons (Fsp3) is 0.462. The number of aliphatic hydroxyl groups excluding tert-OH is 1. The lowest BCUT2D eigenvalue weighted by Gasteiger charge is -2.32. The maximum Gasteiger partial charge on any atom is 0.264 e. The lowest BCUT2D eigenvalue weighted by Crippen LogP contribution is -2.45. The summed E-state index contributed by atoms with van der Waals surface area (Å²) in [4.78, 5) is 29.5. The van der Waals surface area contributed by atoms with Gasteiger partial charge in [-0.3, -0.25) is 9.59 Å². The smallest absolute Gasteiger partial charge is 0.264 e. The van der Waals surface area contributed by atoms with Crippen molar-refractivity contribution in [1.29, 1.82) is 0 Å². The minimum Gasteiger partial charge on any atom is -0.396 e. The van der Waals surface area contributed by atoms with Gasteiger partial charge in [-0.25, -0.2) is 0 Å². The lowest BCUT2D eigenvalue weighted by atomic mass is 9.82. The largest absolute Gasteiger partial charge is 0.396 e. The predicted octanol–water partition coefficient (Wildman–Crippen LogP) is 4.13. The van der Waals surface area contributed by atoms with Crippen LogP contribution in [0.1, 0.15) is 30.9 Å². The molecular weight excluding hydrogens is 451 g/mol. The number of carbonyl (C=O) groups excluding carboxylic acids is 2. The van der Waals surface area contributed by atoms with Gasteiger partial charge in [-0.1, -0.05) is 37.3 Å². The summed E-state index contributed by atoms with van der Waals surface area (Å²) in [6, 6.07) is 15.3. The molecule has 0 aliphatic carbocycles. The highest BCUT2D eigenvalue weighted by Gasteiger charge is 2.66. The molecule has 1 spiro atoms. The van der Waals surface area contributed by atoms with Gasteiger partial charge in [-0.05, 0) is 43.3 Å². The lowest BCUT2D eigenvalue weighted by molar-refractivity contribution is -0.146. The van der Waals surface area contributed by atoms with E-state index < -0.39 is 25.7 Å². The van der Waals surface area contributed by atoms with Crippen LogP contribution < -0.4 is 9.80 Å². The molecule has 2 aromatic carbocycles. The minimum absolute atomic E-state index is 0.103. The van der Waals surface area contributed by atoms with Gasteiger partial charge in [0.15, 0.2) is 5.60 Å². The van der Waals surface area contributed by atoms with Crippen molar-refractivity contribution in [1.82, 2.24) is 0 Å². The van der Waals surface area contributed by atoms with Crippen LogP contribution in [0.3, 0.4) is 0 Å². The Morgan fingerprint density at radius 1 is 1.18 bits per heavy atom. The summed E-state index contributed by atoms with van der Waals surface area (Å²) in [7, 11) is -3.20. The van der Waals surface area contributed by atoms with Crippen molar-refractivity contribution in [2.24, 2.45) is 5.92 Å². The number of rotatable bonds is 6. The SMILES string of the molecule is C[C@H]1[C@H]([Si](C)(C)F)[C@@H](CCO)O[C@]12C(=O)N(Cc1cccc(N3CCC3=O)c1)c1ccccc12. The van der Waals surface area contributed by atoms with Gasteiger partial charge in [0.1, 0.15) is 0 Å². The third-order valence-corrected chi connectivity index (χ3v) is 10.2. The fourth-order valence-electron chi connectivity index (χ4n) is 6.15. The molecule has 5 rings (SSSR count). The number of hydrogen-bond acceptors (Lipinski definition) is 4. The van der Waals surface area contributed by atoms with Crippen LogP contribution in [0.5, 0.6) is 0 Å². The van der Waals surface area contributed by atoms with E-state index in [0.29, 0.717) is 25.9 Å². The highest BCUT2D eigenvalue weighted by Crippen LogP contribution is 2.60. The number of fused-ring (bicyclic) bond motifs is 2. The third kappa shape index (κ3) is 3.42. The predicted molar refractivity (Wildman–Crippen MR) is 131 cm³/mol. The number of aliphatic hydroxyl groups is 1. The Balaban J connectivity index is 1.53. The van der Waals surface area contributed by atoms with E-state index >= 15 is 4.11 Å². The molecule has 8 heteroatoms. The number of amides is 2. The van der Waals surface area contributed by atoms with Crippen molar-refractivity contribution in [3.8, 4) is 0 Å². The molecule has 0 unspecified atom stereocenters. The van der Waals surface area contributed by atoms with Crippen LogP contribution in [-0.4, -0.2) is 44.6 Å². The number of benzene rings is 2. The Morgan fingerprint density at radius 3 is 2.59 bits per heavy atom. The Morgan fingerprint density at radius 2 is 1.94 bits per heavy atom. The molecular formula is C26H31FN2O4Si. The molecule has 0 saturated carbocycles. The number of ether oxygens (including phenoxy) is 1. The second kappa shape index (κ2) is 8.29. The number of halogens is 1. The standard InChI is InChI=1S/C26H31FN2O4Si/c1-17-24(34(2,3)27)22(12-14-30)33-26(17)20-9-4-5-10-21(20)29(25(26)32)16-18-7-6-8-19(15-18)28-13-11-23(28)31/h4-10,15,17,22,24,30H,11-14,16H2,1-3H3/t17-,22+,24-,26+/m0/s1. The molecule has 3 aliphatic heterocycles. The highest BCUT2D eigenvalue weighted by molar-refractivity contribution is 6.72. The molecule has 2 amide bonds. The van der Waals surface area contributed by atoms with Crippen molar-refractivity contribution in [2.45, 2.75) is 56.7 Å². The van der Waals surface area contributed by atoms with Gasteiger partial charge < -0.3 is 23.8 Å². The van der Waals surface area contributed by atoms with Crippen LogP contribution in [0.15, 0.2) is 48.5 Å². The fourth-order valence-corrected chi connectivity index (χ4v) is 8.69. The van der Waals surface area contributed by atoms with Crippen molar-refractivity contribution in [3.63, 3.8) is 0 Å². The first-order valence-corrected chi connectivity index (χ1v) is 14.9. The molecule has 3 aliphatic rings. The Bertz CT molecular complexity index is 1140. The molecule has 1 N–H and O–H groups in total. The number of para-hydroxylation sites is 1. The topological polar surface area (TPSA) is 70.1 Å². The van der Waals surface area contributed by atoms with Gasteiger partial charge in [0, 0.05) is 42.3 Å². The van der Waals surface area contributed by atoms with Gasteiger partial charge in [0.25, 0.3) is 5.91 Å². The van der Waals surface area contributed by atoms with Gasteiger partial charge in [0.05, 0.1) is 18.3 Å². The summed E-state index contributed by atoms with van der Waals surface area (Å²) in [5.74, 6) is -0.444. The van der Waals surface area contributed by atoms with E-state index in [-0.39, 0.29) is 24.3 Å². The van der Waals surface area contributed by atoms with E-state index in [0.717, 1.165) is 22.5 Å². The number of β-lactam (4-membered cyclic amide) rings is 1. The number of nitrogens with zero attached hydrogens (tertiary/aromatic N) is 2. The molecule has 0 aromatic heterocycles. The van der Waals surface area contributed by atoms with Gasteiger partial charge in [-0.2, -0.15) is 0 Å². The van der Waals surface area contributed by atoms with Crippen molar-refractivity contribution < 1.29 is 23.5 Å². The normalized spacial score (nSPS) is 28.6. The van der Waals surface area contributed by atoms with Crippen molar-refractivity contribution >= 4 is 31.6 Å². The van der Waals surface area contributed by atoms with Crippen LogP contribution in [0.25, 0.3) is 0 Å². The summed E-state index contributed by atoms with van der Waals surface area (Å²) >= 11 is 0. The zero-order valence-electron chi connectivity index (χ0n) is 19.8. The Labute approximate surface area is 200 Å². The van der Waals surface area contributed by atoms with Crippen LogP contribution >= 0.6 is 0 Å². The first kappa shape index (κ1) is 23.2. The van der Waals surface area contributed by atoms with Crippen LogP contribution in [0.2, 0.25) is 18.6 Å². The molecule has 2 fully saturated rings. The molecule has 2 aromatic rings. The van der Waals surface area contributed by atoms with E-state index in [4.69, 9.17) is 4.74 Å². The zero-order valence-corrected chi connectivity index (χ0v) is 20.8. The first-order chi connectivity index (χ1) is 16.2. The monoisotopic (exact) mass is 482 g/mol. The summed E-state index contributed by atoms with van der Waals surface area (Å²) in [6.45, 7) is 6.16. The van der Waals surface area contributed by atoms with Crippen LogP contribution in [0, 0.1) is 5.92 Å². The van der Waals surface area contributed by atoms with E-state index in [9.17, 15) is 14.7 Å². The van der Waals surface area contributed by atoms with Gasteiger partial charge in [-0.15, -0.1) is 0 Å². The van der Waals surface area contributed by atoms with E-state index in [1.807, 2.05) is 55.5 Å². The average Bonchev–Trinajstić information content (AvgIpc) is 3.21. The quantitative estimate of drug-likeness (QED) is 0.382. The summed E-state index contributed by atoms with van der Waals surface area (Å²) < 4.78 is 22.0. The molecule has 0 radical (unpaired) electrons. The number of hydrogen-bond donors (Lipinski definition) is 1. The van der Waals surface area contributed by atoms with Crippen molar-refractivity contribution in [3.05, 3.63) is 59.7 Å². The molecule has 34 heavy (non-hydrogen) atoms. The molecule has 6 nitrogen and oxygen atoms in total. The number of anilines is 2. The highest BCUT2D eigenvalue weighted by atomic mass is 28.4. The average molecular weight is 483 g/mol. The summed E-state index contributed by atoms with van der Waals surface area (Å²) in [5, 5.41) is 9.64. The van der Waals surface area contributed by atoms with E-state index in [2.05, 4.69) is 0 Å². The second-order valence-corrected chi connectivity index (χ2v) is 14.0. The zero-order chi connectivity index (χ0) is 24.3. The van der Waals surface area contributed by atoms with E-state index in [1.165, 1.54) is 0 Å². The van der Waals surface area contributed by atoms with Crippen LogP contribution in [-0.2, 0) is 26.5 Å². The molecule has 0 bridgehead atoms. The molecule has 180 valence electrons. The molecule has 2 saturated heterocycles. The van der Waals surface area contributed by atoms with Gasteiger partial charge in [0.2, 0.25) is 14.3 Å². The first-order valence-electron chi connectivity index (χ1n) is 12.0. The molecule has 4 atom stereocenters. The maximum atomic E-state index is 15.5. The number of carbonyl (C=O) groups is 2. The third-order valence-electron chi connectivity index (χ3n) is 7.70. The summed E-state index contributed by atoms with van der Waals surface area (Å²) in [6.07, 6.45) is 0.354. The van der Waals surface area contributed by atoms with E-state index in [1.54, 1.807) is 22.9 Å². The van der Waals surface area contributed by atoms with Crippen LogP contribution in [0.4, 0.5) is 15.5 Å². The molecule has 3 heterocycles. The van der Waals surface area contributed by atoms with Crippen molar-refractivity contribution in [2.75, 3.05) is 23.0 Å². The maximum absolute atomic E-state index is 15.5. The summed E-state index contributed by atoms with van der Waals surface area (Å²) in [5.41, 5.74) is 1.62. The van der Waals surface area contributed by atoms with Gasteiger partial charge >= 0.3 is 0 Å². The second-order valence-electron chi connectivity index (χ2n) is 10.2.